The summed E-state index contributed by atoms with van der Waals surface area (Å²) < 4.78 is 14.8. The summed E-state index contributed by atoms with van der Waals surface area (Å²) in [5.41, 5.74) is 0.520. The second-order valence-electron chi connectivity index (χ2n) is 5.82. The second kappa shape index (κ2) is 7.88. The molecule has 1 amide bonds. The lowest BCUT2D eigenvalue weighted by atomic mass is 9.92. The smallest absolute Gasteiger partial charge is 0.226 e. The van der Waals surface area contributed by atoms with E-state index in [4.69, 9.17) is 0 Å². The van der Waals surface area contributed by atoms with Crippen molar-refractivity contribution in [3.05, 3.63) is 46.7 Å². The standard InChI is InChI=1S/C17H22BrFN2O/c1-3-8-21(11-14-10-15(18)4-5-16(14)19)17(22)13-6-7-20-12(2)9-13/h3-5,10,12-13,20H,1,6-9,11H2,2H3/t12-,13-/m0/s1. The van der Waals surface area contributed by atoms with Gasteiger partial charge in [0.25, 0.3) is 0 Å². The van der Waals surface area contributed by atoms with Crippen LogP contribution >= 0.6 is 15.9 Å². The number of halogens is 2. The van der Waals surface area contributed by atoms with Crippen molar-refractivity contribution in [3.63, 3.8) is 0 Å². The zero-order valence-electron chi connectivity index (χ0n) is 12.8. The molecule has 0 radical (unpaired) electrons. The molecule has 22 heavy (non-hydrogen) atoms. The van der Waals surface area contributed by atoms with Gasteiger partial charge in [-0.15, -0.1) is 6.58 Å². The van der Waals surface area contributed by atoms with Crippen molar-refractivity contribution >= 4 is 21.8 Å². The minimum Gasteiger partial charge on any atom is -0.334 e. The van der Waals surface area contributed by atoms with Crippen LogP contribution in [-0.2, 0) is 11.3 Å². The Labute approximate surface area is 139 Å². The maximum atomic E-state index is 13.9. The van der Waals surface area contributed by atoms with Crippen LogP contribution in [0.15, 0.2) is 35.3 Å². The molecule has 2 rings (SSSR count). The average molecular weight is 369 g/mol. The fraction of sp³-hybridized carbons (Fsp3) is 0.471. The largest absolute Gasteiger partial charge is 0.334 e. The van der Waals surface area contributed by atoms with Gasteiger partial charge in [-0.2, -0.15) is 0 Å². The first kappa shape index (κ1) is 17.2. The van der Waals surface area contributed by atoms with Crippen LogP contribution in [-0.4, -0.2) is 29.9 Å². The summed E-state index contributed by atoms with van der Waals surface area (Å²) in [6.07, 6.45) is 3.35. The first-order valence-electron chi connectivity index (χ1n) is 7.58. The summed E-state index contributed by atoms with van der Waals surface area (Å²) in [7, 11) is 0. The first-order valence-corrected chi connectivity index (χ1v) is 8.37. The Morgan fingerprint density at radius 2 is 2.36 bits per heavy atom. The highest BCUT2D eigenvalue weighted by Crippen LogP contribution is 2.22. The summed E-state index contributed by atoms with van der Waals surface area (Å²) in [6.45, 7) is 7.36. The first-order chi connectivity index (χ1) is 10.5. The molecule has 1 aromatic rings. The van der Waals surface area contributed by atoms with Gasteiger partial charge in [0.15, 0.2) is 0 Å². The Kier molecular flexibility index (Phi) is 6.15. The fourth-order valence-corrected chi connectivity index (χ4v) is 3.28. The van der Waals surface area contributed by atoms with E-state index < -0.39 is 0 Å². The molecule has 1 aliphatic rings. The highest BCUT2D eigenvalue weighted by Gasteiger charge is 2.28. The van der Waals surface area contributed by atoms with Crippen molar-refractivity contribution < 1.29 is 9.18 Å². The Morgan fingerprint density at radius 1 is 1.59 bits per heavy atom. The third kappa shape index (κ3) is 4.40. The van der Waals surface area contributed by atoms with Crippen molar-refractivity contribution in [2.45, 2.75) is 32.4 Å². The molecule has 1 heterocycles. The van der Waals surface area contributed by atoms with Gasteiger partial charge in [-0.1, -0.05) is 22.0 Å². The van der Waals surface area contributed by atoms with Gasteiger partial charge < -0.3 is 10.2 Å². The normalized spacial score (nSPS) is 21.4. The molecule has 0 bridgehead atoms. The van der Waals surface area contributed by atoms with E-state index in [1.807, 2.05) is 0 Å². The van der Waals surface area contributed by atoms with Crippen LogP contribution in [0.3, 0.4) is 0 Å². The number of nitrogens with one attached hydrogen (secondary N) is 1. The molecule has 3 nitrogen and oxygen atoms in total. The van der Waals surface area contributed by atoms with Gasteiger partial charge in [0.05, 0.1) is 0 Å². The molecule has 1 aliphatic heterocycles. The van der Waals surface area contributed by atoms with Gasteiger partial charge in [0, 0.05) is 35.1 Å². The van der Waals surface area contributed by atoms with Crippen molar-refractivity contribution in [2.24, 2.45) is 5.92 Å². The lowest BCUT2D eigenvalue weighted by Crippen LogP contribution is -2.44. The van der Waals surface area contributed by atoms with Crippen LogP contribution in [0.2, 0.25) is 0 Å². The molecule has 1 fully saturated rings. The van der Waals surface area contributed by atoms with E-state index in [1.54, 1.807) is 23.1 Å². The number of nitrogens with zero attached hydrogens (tertiary/aromatic N) is 1. The summed E-state index contributed by atoms with van der Waals surface area (Å²) in [5, 5.41) is 3.35. The highest BCUT2D eigenvalue weighted by molar-refractivity contribution is 9.10. The third-order valence-corrected chi connectivity index (χ3v) is 4.50. The predicted octanol–water partition coefficient (Wildman–Crippen LogP) is 3.49. The summed E-state index contributed by atoms with van der Waals surface area (Å²) in [5.74, 6) is -0.192. The molecule has 5 heteroatoms. The van der Waals surface area contributed by atoms with Crippen molar-refractivity contribution in [2.75, 3.05) is 13.1 Å². The van der Waals surface area contributed by atoms with Crippen LogP contribution in [0.4, 0.5) is 4.39 Å². The molecule has 0 spiro atoms. The zero-order valence-corrected chi connectivity index (χ0v) is 14.4. The number of benzene rings is 1. The zero-order chi connectivity index (χ0) is 16.1. The van der Waals surface area contributed by atoms with Gasteiger partial charge in [-0.25, -0.2) is 4.39 Å². The molecular formula is C17H22BrFN2O. The number of amides is 1. The average Bonchev–Trinajstić information content (AvgIpc) is 2.49. The highest BCUT2D eigenvalue weighted by atomic mass is 79.9. The molecule has 1 saturated heterocycles. The maximum Gasteiger partial charge on any atom is 0.226 e. The molecule has 120 valence electrons. The van der Waals surface area contributed by atoms with E-state index in [9.17, 15) is 9.18 Å². The van der Waals surface area contributed by atoms with Gasteiger partial charge in [-0.05, 0) is 44.5 Å². The van der Waals surface area contributed by atoms with E-state index in [1.165, 1.54) is 6.07 Å². The lowest BCUT2D eigenvalue weighted by Gasteiger charge is -2.32. The molecule has 0 unspecified atom stereocenters. The van der Waals surface area contributed by atoms with Crippen molar-refractivity contribution in [3.8, 4) is 0 Å². The summed E-state index contributed by atoms with van der Waals surface area (Å²) in [4.78, 5) is 14.4. The van der Waals surface area contributed by atoms with E-state index in [0.717, 1.165) is 23.9 Å². The number of carbonyl (C=O) groups excluding carboxylic acids is 1. The maximum absolute atomic E-state index is 13.9. The van der Waals surface area contributed by atoms with Gasteiger partial charge in [-0.3, -0.25) is 4.79 Å². The summed E-state index contributed by atoms with van der Waals surface area (Å²) >= 11 is 3.35. The Hall–Kier alpha value is -1.20. The van der Waals surface area contributed by atoms with Crippen LogP contribution in [0.25, 0.3) is 0 Å². The third-order valence-electron chi connectivity index (χ3n) is 4.00. The van der Waals surface area contributed by atoms with Crippen LogP contribution in [0.5, 0.6) is 0 Å². The molecule has 1 aromatic carbocycles. The topological polar surface area (TPSA) is 32.3 Å². The van der Waals surface area contributed by atoms with Crippen LogP contribution in [0.1, 0.15) is 25.3 Å². The number of rotatable bonds is 5. The molecule has 1 N–H and O–H groups in total. The SMILES string of the molecule is C=CCN(Cc1cc(Br)ccc1F)C(=O)[C@H]1CCN[C@@H](C)C1. The number of hydrogen-bond donors (Lipinski definition) is 1. The van der Waals surface area contributed by atoms with Gasteiger partial charge in [0.2, 0.25) is 5.91 Å². The van der Waals surface area contributed by atoms with Crippen molar-refractivity contribution in [1.82, 2.24) is 10.2 Å². The second-order valence-corrected chi connectivity index (χ2v) is 6.74. The van der Waals surface area contributed by atoms with E-state index in [0.29, 0.717) is 18.2 Å². The van der Waals surface area contributed by atoms with Crippen molar-refractivity contribution in [1.29, 1.82) is 0 Å². The van der Waals surface area contributed by atoms with E-state index >= 15 is 0 Å². The minimum atomic E-state index is -0.288. The quantitative estimate of drug-likeness (QED) is 0.806. The lowest BCUT2D eigenvalue weighted by molar-refractivity contribution is -0.136. The molecule has 0 aromatic heterocycles. The van der Waals surface area contributed by atoms with E-state index in [2.05, 4.69) is 34.7 Å². The fourth-order valence-electron chi connectivity index (χ4n) is 2.87. The molecular weight excluding hydrogens is 347 g/mol. The van der Waals surface area contributed by atoms with E-state index in [-0.39, 0.29) is 24.2 Å². The molecule has 0 saturated carbocycles. The Bertz CT molecular complexity index is 549. The molecule has 2 atom stereocenters. The number of piperidine rings is 1. The number of carbonyl (C=O) groups is 1. The van der Waals surface area contributed by atoms with Gasteiger partial charge >= 0.3 is 0 Å². The summed E-state index contributed by atoms with van der Waals surface area (Å²) in [6, 6.07) is 5.15. The van der Waals surface area contributed by atoms with Crippen LogP contribution in [0, 0.1) is 11.7 Å². The Balaban J connectivity index is 2.13. The van der Waals surface area contributed by atoms with Gasteiger partial charge in [0.1, 0.15) is 5.82 Å². The minimum absolute atomic E-state index is 0.00594. The Morgan fingerprint density at radius 3 is 3.05 bits per heavy atom. The van der Waals surface area contributed by atoms with Crippen LogP contribution < -0.4 is 5.32 Å². The number of hydrogen-bond acceptors (Lipinski definition) is 2. The predicted molar refractivity (Wildman–Crippen MR) is 89.9 cm³/mol. The molecule has 0 aliphatic carbocycles. The monoisotopic (exact) mass is 368 g/mol.